The molecular weight excluding hydrogens is 316 g/mol. The third kappa shape index (κ3) is 2.79. The van der Waals surface area contributed by atoms with E-state index in [0.29, 0.717) is 10.4 Å². The van der Waals surface area contributed by atoms with Gasteiger partial charge in [0.2, 0.25) is 0 Å². The smallest absolute Gasteiger partial charge is 0.323 e. The summed E-state index contributed by atoms with van der Waals surface area (Å²) in [6.07, 6.45) is 0. The zero-order chi connectivity index (χ0) is 14.0. The number of carbonyl (C=O) groups is 1. The highest BCUT2D eigenvalue weighted by atomic mass is 79.9. The SMILES string of the molecule is Cn1c(C(=O)Nc2cccc(Br)n2)ccc1[N+](=O)[O-]. The van der Waals surface area contributed by atoms with Crippen LogP contribution in [-0.4, -0.2) is 20.4 Å². The Labute approximate surface area is 116 Å². The van der Waals surface area contributed by atoms with Gasteiger partial charge in [0.1, 0.15) is 10.4 Å². The monoisotopic (exact) mass is 324 g/mol. The zero-order valence-electron chi connectivity index (χ0n) is 9.83. The Balaban J connectivity index is 2.23. The topological polar surface area (TPSA) is 90.1 Å². The molecule has 1 amide bonds. The maximum absolute atomic E-state index is 12.0. The molecule has 0 bridgehead atoms. The fourth-order valence-corrected chi connectivity index (χ4v) is 1.91. The first-order valence-corrected chi connectivity index (χ1v) is 6.02. The van der Waals surface area contributed by atoms with Crippen molar-refractivity contribution in [2.24, 2.45) is 7.05 Å². The third-order valence-electron chi connectivity index (χ3n) is 2.47. The molecule has 0 aromatic carbocycles. The van der Waals surface area contributed by atoms with E-state index in [0.717, 1.165) is 0 Å². The average molecular weight is 325 g/mol. The minimum atomic E-state index is -0.547. The number of aromatic nitrogens is 2. The van der Waals surface area contributed by atoms with E-state index in [1.165, 1.54) is 23.7 Å². The second-order valence-corrected chi connectivity index (χ2v) is 4.51. The molecule has 0 saturated carbocycles. The Bertz CT molecular complexity index is 653. The lowest BCUT2D eigenvalue weighted by molar-refractivity contribution is -0.391. The van der Waals surface area contributed by atoms with Crippen molar-refractivity contribution in [2.45, 2.75) is 0 Å². The highest BCUT2D eigenvalue weighted by molar-refractivity contribution is 9.10. The van der Waals surface area contributed by atoms with Crippen LogP contribution < -0.4 is 5.32 Å². The number of hydrogen-bond donors (Lipinski definition) is 1. The summed E-state index contributed by atoms with van der Waals surface area (Å²) in [7, 11) is 1.46. The van der Waals surface area contributed by atoms with Crippen LogP contribution in [0.15, 0.2) is 34.9 Å². The fraction of sp³-hybridized carbons (Fsp3) is 0.0909. The van der Waals surface area contributed by atoms with Gasteiger partial charge < -0.3 is 15.4 Å². The number of nitro groups is 1. The maximum Gasteiger partial charge on any atom is 0.323 e. The second kappa shape index (κ2) is 5.19. The number of hydrogen-bond acceptors (Lipinski definition) is 4. The molecule has 2 rings (SSSR count). The van der Waals surface area contributed by atoms with Crippen LogP contribution in [0.25, 0.3) is 0 Å². The lowest BCUT2D eigenvalue weighted by Crippen LogP contribution is -2.16. The quantitative estimate of drug-likeness (QED) is 0.533. The summed E-state index contributed by atoms with van der Waals surface area (Å²) < 4.78 is 1.80. The highest BCUT2D eigenvalue weighted by Gasteiger charge is 2.20. The predicted octanol–water partition coefficient (Wildman–Crippen LogP) is 2.34. The molecule has 0 fully saturated rings. The van der Waals surface area contributed by atoms with Crippen molar-refractivity contribution >= 4 is 33.5 Å². The Hall–Kier alpha value is -2.22. The molecule has 0 aliphatic carbocycles. The number of rotatable bonds is 3. The van der Waals surface area contributed by atoms with E-state index < -0.39 is 10.8 Å². The molecule has 0 atom stereocenters. The first kappa shape index (κ1) is 13.2. The molecular formula is C11H9BrN4O3. The first-order chi connectivity index (χ1) is 8.99. The van der Waals surface area contributed by atoms with Crippen molar-refractivity contribution in [2.75, 3.05) is 5.32 Å². The molecule has 0 aliphatic rings. The van der Waals surface area contributed by atoms with Gasteiger partial charge in [-0.2, -0.15) is 0 Å². The van der Waals surface area contributed by atoms with E-state index in [-0.39, 0.29) is 11.5 Å². The Kier molecular flexibility index (Phi) is 3.61. The largest absolute Gasteiger partial charge is 0.358 e. The Morgan fingerprint density at radius 2 is 2.16 bits per heavy atom. The molecule has 0 unspecified atom stereocenters. The van der Waals surface area contributed by atoms with Crippen molar-refractivity contribution in [3.05, 3.63) is 50.7 Å². The van der Waals surface area contributed by atoms with Gasteiger partial charge in [-0.25, -0.2) is 9.55 Å². The van der Waals surface area contributed by atoms with E-state index in [1.807, 2.05) is 0 Å². The molecule has 7 nitrogen and oxygen atoms in total. The van der Waals surface area contributed by atoms with Crippen LogP contribution in [0.3, 0.4) is 0 Å². The minimum Gasteiger partial charge on any atom is -0.358 e. The molecule has 0 spiro atoms. The van der Waals surface area contributed by atoms with Gasteiger partial charge in [-0.3, -0.25) is 4.79 Å². The van der Waals surface area contributed by atoms with Crippen LogP contribution in [0.2, 0.25) is 0 Å². The molecule has 2 aromatic rings. The number of anilines is 1. The van der Waals surface area contributed by atoms with Gasteiger partial charge in [-0.1, -0.05) is 6.07 Å². The fourth-order valence-electron chi connectivity index (χ4n) is 1.57. The first-order valence-electron chi connectivity index (χ1n) is 5.23. The summed E-state index contributed by atoms with van der Waals surface area (Å²) in [5.74, 6) is -0.239. The van der Waals surface area contributed by atoms with Gasteiger partial charge in [-0.05, 0) is 39.1 Å². The Morgan fingerprint density at radius 3 is 2.74 bits per heavy atom. The van der Waals surface area contributed by atoms with Crippen molar-refractivity contribution in [3.63, 3.8) is 0 Å². The summed E-state index contributed by atoms with van der Waals surface area (Å²) in [5.41, 5.74) is 0.188. The van der Waals surface area contributed by atoms with Gasteiger partial charge in [0.25, 0.3) is 5.91 Å². The number of pyridine rings is 1. The van der Waals surface area contributed by atoms with Gasteiger partial charge >= 0.3 is 5.82 Å². The molecule has 0 radical (unpaired) electrons. The van der Waals surface area contributed by atoms with E-state index in [2.05, 4.69) is 26.2 Å². The predicted molar refractivity (Wildman–Crippen MR) is 72.0 cm³/mol. The molecule has 8 heteroatoms. The van der Waals surface area contributed by atoms with E-state index >= 15 is 0 Å². The lowest BCUT2D eigenvalue weighted by Gasteiger charge is -2.03. The summed E-state index contributed by atoms with van der Waals surface area (Å²) in [6, 6.07) is 7.75. The van der Waals surface area contributed by atoms with Gasteiger partial charge in [-0.15, -0.1) is 0 Å². The minimum absolute atomic E-state index is 0.146. The lowest BCUT2D eigenvalue weighted by atomic mass is 10.4. The van der Waals surface area contributed by atoms with Crippen molar-refractivity contribution in [3.8, 4) is 0 Å². The number of amides is 1. The average Bonchev–Trinajstić information content (AvgIpc) is 2.71. The number of nitrogens with one attached hydrogen (secondary N) is 1. The van der Waals surface area contributed by atoms with E-state index in [4.69, 9.17) is 0 Å². The standard InChI is InChI=1S/C11H9BrN4O3/c1-15-7(5-6-10(15)16(18)19)11(17)14-9-4-2-3-8(12)13-9/h2-6H,1H3,(H,13,14,17). The summed E-state index contributed by atoms with van der Waals surface area (Å²) in [5, 5.41) is 13.3. The van der Waals surface area contributed by atoms with Crippen LogP contribution in [0, 0.1) is 10.1 Å². The molecule has 19 heavy (non-hydrogen) atoms. The molecule has 0 aliphatic heterocycles. The van der Waals surface area contributed by atoms with Crippen LogP contribution >= 0.6 is 15.9 Å². The van der Waals surface area contributed by atoms with Crippen LogP contribution in [0.1, 0.15) is 10.5 Å². The van der Waals surface area contributed by atoms with Crippen LogP contribution in [0.5, 0.6) is 0 Å². The normalized spacial score (nSPS) is 10.2. The molecule has 1 N–H and O–H groups in total. The highest BCUT2D eigenvalue weighted by Crippen LogP contribution is 2.17. The third-order valence-corrected chi connectivity index (χ3v) is 2.91. The van der Waals surface area contributed by atoms with Gasteiger partial charge in [0.05, 0.1) is 7.05 Å². The van der Waals surface area contributed by atoms with E-state index in [9.17, 15) is 14.9 Å². The van der Waals surface area contributed by atoms with Gasteiger partial charge in [0.15, 0.2) is 5.69 Å². The summed E-state index contributed by atoms with van der Waals surface area (Å²) in [4.78, 5) is 26.2. The number of carbonyl (C=O) groups excluding carboxylic acids is 1. The van der Waals surface area contributed by atoms with Crippen LogP contribution in [0.4, 0.5) is 11.6 Å². The van der Waals surface area contributed by atoms with Crippen molar-refractivity contribution in [1.82, 2.24) is 9.55 Å². The van der Waals surface area contributed by atoms with Crippen LogP contribution in [-0.2, 0) is 7.05 Å². The summed E-state index contributed by atoms with van der Waals surface area (Å²) >= 11 is 3.19. The second-order valence-electron chi connectivity index (χ2n) is 3.69. The zero-order valence-corrected chi connectivity index (χ0v) is 11.4. The molecule has 2 aromatic heterocycles. The number of halogens is 1. The molecule has 2 heterocycles. The summed E-state index contributed by atoms with van der Waals surface area (Å²) in [6.45, 7) is 0. The maximum atomic E-state index is 12.0. The van der Waals surface area contributed by atoms with Gasteiger partial charge in [0, 0.05) is 6.07 Å². The number of nitrogens with zero attached hydrogens (tertiary/aromatic N) is 3. The van der Waals surface area contributed by atoms with Crippen molar-refractivity contribution < 1.29 is 9.72 Å². The molecule has 0 saturated heterocycles. The van der Waals surface area contributed by atoms with E-state index in [1.54, 1.807) is 18.2 Å². The van der Waals surface area contributed by atoms with Crippen molar-refractivity contribution in [1.29, 1.82) is 0 Å². The molecule has 98 valence electrons. The Morgan fingerprint density at radius 1 is 1.42 bits per heavy atom.